The lowest BCUT2D eigenvalue weighted by Crippen LogP contribution is -2.14. The van der Waals surface area contributed by atoms with Gasteiger partial charge in [0.2, 0.25) is 0 Å². The van der Waals surface area contributed by atoms with Crippen LogP contribution in [0.5, 0.6) is 0 Å². The summed E-state index contributed by atoms with van der Waals surface area (Å²) in [5.74, 6) is 1.64. The maximum absolute atomic E-state index is 10.4. The Balaban J connectivity index is 1.65. The average molecular weight is 339 g/mol. The van der Waals surface area contributed by atoms with Gasteiger partial charge in [0.15, 0.2) is 0 Å². The van der Waals surface area contributed by atoms with Crippen LogP contribution in [0.15, 0.2) is 30.3 Å². The van der Waals surface area contributed by atoms with E-state index in [1.54, 1.807) is 11.3 Å². The summed E-state index contributed by atoms with van der Waals surface area (Å²) in [5.41, 5.74) is 2.33. The van der Waals surface area contributed by atoms with E-state index in [0.717, 1.165) is 34.9 Å². The fourth-order valence-corrected chi connectivity index (χ4v) is 4.69. The van der Waals surface area contributed by atoms with Gasteiger partial charge in [0.05, 0.1) is 11.5 Å². The van der Waals surface area contributed by atoms with Crippen molar-refractivity contribution in [2.45, 2.75) is 38.7 Å². The minimum Gasteiger partial charge on any atom is -0.387 e. The van der Waals surface area contributed by atoms with Crippen molar-refractivity contribution in [1.82, 2.24) is 9.97 Å². The third kappa shape index (κ3) is 2.89. The number of thiophene rings is 1. The molecule has 4 nitrogen and oxygen atoms in total. The maximum atomic E-state index is 10.4. The van der Waals surface area contributed by atoms with Crippen molar-refractivity contribution < 1.29 is 5.11 Å². The van der Waals surface area contributed by atoms with E-state index in [2.05, 4.69) is 15.3 Å². The van der Waals surface area contributed by atoms with Crippen molar-refractivity contribution in [2.24, 2.45) is 0 Å². The van der Waals surface area contributed by atoms with E-state index >= 15 is 0 Å². The minimum atomic E-state index is -0.550. The van der Waals surface area contributed by atoms with Crippen LogP contribution in [-0.2, 0) is 12.8 Å². The van der Waals surface area contributed by atoms with Crippen LogP contribution in [0.3, 0.4) is 0 Å². The van der Waals surface area contributed by atoms with Crippen LogP contribution < -0.4 is 5.32 Å². The molecule has 4 rings (SSSR count). The number of aliphatic hydroxyl groups is 1. The number of aliphatic hydroxyl groups excluding tert-OH is 1. The van der Waals surface area contributed by atoms with Gasteiger partial charge in [-0.3, -0.25) is 0 Å². The Hall–Kier alpha value is -1.98. The minimum absolute atomic E-state index is 0.445. The van der Waals surface area contributed by atoms with Crippen molar-refractivity contribution in [1.29, 1.82) is 0 Å². The second kappa shape index (κ2) is 6.49. The number of anilines is 1. The van der Waals surface area contributed by atoms with E-state index in [9.17, 15) is 5.11 Å². The zero-order valence-electron chi connectivity index (χ0n) is 13.7. The molecule has 0 saturated carbocycles. The van der Waals surface area contributed by atoms with Crippen LogP contribution in [0, 0.1) is 6.92 Å². The van der Waals surface area contributed by atoms with E-state index in [1.165, 1.54) is 28.7 Å². The van der Waals surface area contributed by atoms with E-state index < -0.39 is 6.10 Å². The number of hydrogen-bond acceptors (Lipinski definition) is 5. The van der Waals surface area contributed by atoms with Crippen LogP contribution in [0.1, 0.15) is 40.8 Å². The normalized spacial score (nSPS) is 15.2. The Morgan fingerprint density at radius 3 is 2.79 bits per heavy atom. The van der Waals surface area contributed by atoms with Crippen LogP contribution in [-0.4, -0.2) is 21.6 Å². The molecule has 0 fully saturated rings. The first-order chi connectivity index (χ1) is 11.7. The number of nitrogens with one attached hydrogen (secondary N) is 1. The molecule has 0 unspecified atom stereocenters. The lowest BCUT2D eigenvalue weighted by atomic mass is 9.97. The molecule has 2 N–H and O–H groups in total. The highest BCUT2D eigenvalue weighted by molar-refractivity contribution is 7.19. The molecule has 0 aliphatic heterocycles. The maximum Gasteiger partial charge on any atom is 0.138 e. The topological polar surface area (TPSA) is 58.0 Å². The third-order valence-electron chi connectivity index (χ3n) is 4.57. The molecular weight excluding hydrogens is 318 g/mol. The molecule has 2 aromatic heterocycles. The standard InChI is InChI=1S/C19H21N3OS/c1-12-21-18(20-11-15(23)13-7-3-2-4-8-13)17-14-9-5-6-10-16(14)24-19(17)22-12/h2-4,7-8,15,23H,5-6,9-11H2,1H3,(H,20,21,22)/t15-/m1/s1. The quantitative estimate of drug-likeness (QED) is 0.754. The van der Waals surface area contributed by atoms with E-state index in [-0.39, 0.29) is 0 Å². The molecule has 1 aliphatic rings. The zero-order chi connectivity index (χ0) is 16.5. The van der Waals surface area contributed by atoms with Crippen molar-refractivity contribution >= 4 is 27.4 Å². The first-order valence-corrected chi connectivity index (χ1v) is 9.30. The molecule has 24 heavy (non-hydrogen) atoms. The number of fused-ring (bicyclic) bond motifs is 3. The molecule has 0 amide bonds. The number of rotatable bonds is 4. The predicted octanol–water partition coefficient (Wildman–Crippen LogP) is 4.02. The first kappa shape index (κ1) is 15.5. The third-order valence-corrected chi connectivity index (χ3v) is 5.76. The molecule has 0 bridgehead atoms. The molecular formula is C19H21N3OS. The average Bonchev–Trinajstić information content (AvgIpc) is 2.98. The van der Waals surface area contributed by atoms with Crippen molar-refractivity contribution in [3.8, 4) is 0 Å². The van der Waals surface area contributed by atoms with E-state index in [1.807, 2.05) is 37.3 Å². The number of nitrogens with zero attached hydrogens (tertiary/aromatic N) is 2. The van der Waals surface area contributed by atoms with Crippen molar-refractivity contribution in [2.75, 3.05) is 11.9 Å². The molecule has 1 atom stereocenters. The molecule has 0 spiro atoms. The van der Waals surface area contributed by atoms with Gasteiger partial charge in [-0.25, -0.2) is 9.97 Å². The summed E-state index contributed by atoms with van der Waals surface area (Å²) in [6, 6.07) is 9.74. The molecule has 0 saturated heterocycles. The number of hydrogen-bond donors (Lipinski definition) is 2. The number of aromatic nitrogens is 2. The Morgan fingerprint density at radius 2 is 1.96 bits per heavy atom. The largest absolute Gasteiger partial charge is 0.387 e. The summed E-state index contributed by atoms with van der Waals surface area (Å²) in [6.45, 7) is 2.37. The van der Waals surface area contributed by atoms with Gasteiger partial charge >= 0.3 is 0 Å². The highest BCUT2D eigenvalue weighted by atomic mass is 32.1. The van der Waals surface area contributed by atoms with Crippen LogP contribution in [0.4, 0.5) is 5.82 Å². The van der Waals surface area contributed by atoms with Crippen molar-refractivity contribution in [3.63, 3.8) is 0 Å². The highest BCUT2D eigenvalue weighted by Crippen LogP contribution is 2.38. The monoisotopic (exact) mass is 339 g/mol. The summed E-state index contributed by atoms with van der Waals surface area (Å²) in [4.78, 5) is 11.8. The Kier molecular flexibility index (Phi) is 4.21. The molecule has 3 aromatic rings. The molecule has 5 heteroatoms. The lowest BCUT2D eigenvalue weighted by Gasteiger charge is -2.15. The highest BCUT2D eigenvalue weighted by Gasteiger charge is 2.21. The van der Waals surface area contributed by atoms with Gasteiger partial charge in [-0.2, -0.15) is 0 Å². The smallest absolute Gasteiger partial charge is 0.138 e. The SMILES string of the molecule is Cc1nc(NC[C@@H](O)c2ccccc2)c2c3c(sc2n1)CCCC3. The van der Waals surface area contributed by atoms with Gasteiger partial charge in [-0.15, -0.1) is 11.3 Å². The number of benzene rings is 1. The second-order valence-corrected chi connectivity index (χ2v) is 7.40. The van der Waals surface area contributed by atoms with Gasteiger partial charge in [0.25, 0.3) is 0 Å². The Bertz CT molecular complexity index is 860. The summed E-state index contributed by atoms with van der Waals surface area (Å²) in [6.07, 6.45) is 4.21. The van der Waals surface area contributed by atoms with Crippen LogP contribution in [0.2, 0.25) is 0 Å². The molecule has 0 radical (unpaired) electrons. The van der Waals surface area contributed by atoms with Crippen LogP contribution >= 0.6 is 11.3 Å². The molecule has 124 valence electrons. The first-order valence-electron chi connectivity index (χ1n) is 8.48. The summed E-state index contributed by atoms with van der Waals surface area (Å²) in [7, 11) is 0. The van der Waals surface area contributed by atoms with Gasteiger partial charge in [-0.05, 0) is 43.7 Å². The van der Waals surface area contributed by atoms with Crippen LogP contribution in [0.25, 0.3) is 10.2 Å². The summed E-state index contributed by atoms with van der Waals surface area (Å²) in [5, 5.41) is 14.9. The fourth-order valence-electron chi connectivity index (χ4n) is 3.38. The fraction of sp³-hybridized carbons (Fsp3) is 0.368. The van der Waals surface area contributed by atoms with E-state index in [4.69, 9.17) is 0 Å². The number of aryl methyl sites for hydroxylation is 3. The molecule has 1 aromatic carbocycles. The van der Waals surface area contributed by atoms with E-state index in [0.29, 0.717) is 6.54 Å². The Labute approximate surface area is 145 Å². The second-order valence-electron chi connectivity index (χ2n) is 6.32. The molecule has 1 aliphatic carbocycles. The summed E-state index contributed by atoms with van der Waals surface area (Å²) >= 11 is 1.81. The predicted molar refractivity (Wildman–Crippen MR) is 98.7 cm³/mol. The summed E-state index contributed by atoms with van der Waals surface area (Å²) < 4.78 is 0. The van der Waals surface area contributed by atoms with Gasteiger partial charge in [0.1, 0.15) is 16.5 Å². The molecule has 2 heterocycles. The van der Waals surface area contributed by atoms with Gasteiger partial charge in [0, 0.05) is 11.4 Å². The van der Waals surface area contributed by atoms with Gasteiger partial charge < -0.3 is 10.4 Å². The lowest BCUT2D eigenvalue weighted by molar-refractivity contribution is 0.191. The zero-order valence-corrected chi connectivity index (χ0v) is 14.6. The van der Waals surface area contributed by atoms with Crippen molar-refractivity contribution in [3.05, 3.63) is 52.2 Å². The Morgan fingerprint density at radius 1 is 1.17 bits per heavy atom. The van der Waals surface area contributed by atoms with Gasteiger partial charge in [-0.1, -0.05) is 30.3 Å².